The third-order valence-electron chi connectivity index (χ3n) is 6.85. The van der Waals surface area contributed by atoms with Gasteiger partial charge in [-0.05, 0) is 47.4 Å². The van der Waals surface area contributed by atoms with Crippen molar-refractivity contribution in [2.75, 3.05) is 19.7 Å². The summed E-state index contributed by atoms with van der Waals surface area (Å²) in [7, 11) is 0. The van der Waals surface area contributed by atoms with Gasteiger partial charge in [0.2, 0.25) is 5.91 Å². The van der Waals surface area contributed by atoms with Crippen LogP contribution in [0.2, 0.25) is 0 Å². The molecular weight excluding hydrogens is 444 g/mol. The van der Waals surface area contributed by atoms with Crippen molar-refractivity contribution in [3.63, 3.8) is 0 Å². The van der Waals surface area contributed by atoms with Gasteiger partial charge < -0.3 is 20.1 Å². The Hall–Kier alpha value is -3.35. The molecule has 0 saturated heterocycles. The summed E-state index contributed by atoms with van der Waals surface area (Å²) >= 11 is 0. The number of nitrogens with one attached hydrogen (secondary N) is 1. The molecule has 0 bridgehead atoms. The summed E-state index contributed by atoms with van der Waals surface area (Å²) in [6.07, 6.45) is 3.14. The average Bonchev–Trinajstić information content (AvgIpc) is 3.61. The van der Waals surface area contributed by atoms with E-state index in [1.165, 1.54) is 11.1 Å². The van der Waals surface area contributed by atoms with Gasteiger partial charge in [-0.2, -0.15) is 0 Å². The van der Waals surface area contributed by atoms with Crippen LogP contribution < -0.4 is 5.32 Å². The van der Waals surface area contributed by atoms with Gasteiger partial charge in [0.15, 0.2) is 0 Å². The summed E-state index contributed by atoms with van der Waals surface area (Å²) in [5.74, 6) is -0.590. The topological polar surface area (TPSA) is 95.9 Å². The van der Waals surface area contributed by atoms with Crippen LogP contribution in [0.4, 0.5) is 4.79 Å². The lowest BCUT2D eigenvalue weighted by Crippen LogP contribution is -2.42. The second kappa shape index (κ2) is 11.4. The highest BCUT2D eigenvalue weighted by atomic mass is 16.5. The normalized spacial score (nSPS) is 15.1. The molecule has 0 aromatic heterocycles. The van der Waals surface area contributed by atoms with Crippen molar-refractivity contribution >= 4 is 18.0 Å². The molecule has 2 aromatic carbocycles. The van der Waals surface area contributed by atoms with Crippen LogP contribution in [-0.4, -0.2) is 53.7 Å². The summed E-state index contributed by atoms with van der Waals surface area (Å²) in [6, 6.07) is 16.0. The van der Waals surface area contributed by atoms with Crippen LogP contribution >= 0.6 is 0 Å². The van der Waals surface area contributed by atoms with Crippen molar-refractivity contribution < 1.29 is 24.2 Å². The molecule has 0 unspecified atom stereocenters. The molecule has 2 amide bonds. The van der Waals surface area contributed by atoms with Crippen molar-refractivity contribution in [3.05, 3.63) is 59.7 Å². The molecule has 4 rings (SSSR count). The zero-order valence-electron chi connectivity index (χ0n) is 20.2. The van der Waals surface area contributed by atoms with Gasteiger partial charge in [-0.1, -0.05) is 61.9 Å². The molecule has 2 aliphatic carbocycles. The maximum absolute atomic E-state index is 13.0. The van der Waals surface area contributed by atoms with Crippen molar-refractivity contribution in [2.45, 2.75) is 57.4 Å². The third-order valence-corrected chi connectivity index (χ3v) is 6.85. The zero-order valence-corrected chi connectivity index (χ0v) is 20.2. The smallest absolute Gasteiger partial charge is 0.407 e. The van der Waals surface area contributed by atoms with E-state index in [1.54, 1.807) is 4.90 Å². The minimum atomic E-state index is -0.916. The fourth-order valence-electron chi connectivity index (χ4n) is 4.88. The molecule has 0 radical (unpaired) electrons. The van der Waals surface area contributed by atoms with Crippen LogP contribution in [0.3, 0.4) is 0 Å². The number of hydrogen-bond donors (Lipinski definition) is 2. The molecule has 7 nitrogen and oxygen atoms in total. The number of aliphatic carboxylic acids is 1. The largest absolute Gasteiger partial charge is 0.481 e. The van der Waals surface area contributed by atoms with E-state index in [9.17, 15) is 14.4 Å². The highest BCUT2D eigenvalue weighted by Gasteiger charge is 2.30. The zero-order chi connectivity index (χ0) is 24.8. The quantitative estimate of drug-likeness (QED) is 0.457. The number of carbonyl (C=O) groups excluding carboxylic acids is 2. The summed E-state index contributed by atoms with van der Waals surface area (Å²) in [5.41, 5.74) is 4.64. The Morgan fingerprint density at radius 3 is 2.26 bits per heavy atom. The van der Waals surface area contributed by atoms with E-state index in [2.05, 4.69) is 29.6 Å². The van der Waals surface area contributed by atoms with E-state index < -0.39 is 12.1 Å². The van der Waals surface area contributed by atoms with Crippen LogP contribution in [0.15, 0.2) is 48.5 Å². The second-order valence-corrected chi connectivity index (χ2v) is 9.59. The van der Waals surface area contributed by atoms with E-state index in [4.69, 9.17) is 9.84 Å². The Morgan fingerprint density at radius 1 is 1.06 bits per heavy atom. The maximum Gasteiger partial charge on any atom is 0.407 e. The number of alkyl carbamates (subject to hydrolysis) is 1. The number of carboxylic acids is 1. The molecule has 1 atom stereocenters. The molecule has 0 heterocycles. The molecule has 0 aliphatic heterocycles. The lowest BCUT2D eigenvalue weighted by Gasteiger charge is -2.25. The van der Waals surface area contributed by atoms with Gasteiger partial charge in [-0.15, -0.1) is 0 Å². The number of carbonyl (C=O) groups is 3. The lowest BCUT2D eigenvalue weighted by atomic mass is 9.98. The number of fused-ring (bicyclic) bond motifs is 3. The van der Waals surface area contributed by atoms with Gasteiger partial charge in [0, 0.05) is 31.5 Å². The number of nitrogens with zero attached hydrogens (tertiary/aromatic N) is 1. The van der Waals surface area contributed by atoms with Gasteiger partial charge >= 0.3 is 12.1 Å². The predicted octanol–water partition coefficient (Wildman–Crippen LogP) is 4.80. The van der Waals surface area contributed by atoms with Crippen molar-refractivity contribution in [3.8, 4) is 11.1 Å². The summed E-state index contributed by atoms with van der Waals surface area (Å²) < 4.78 is 5.66. The molecule has 1 saturated carbocycles. The van der Waals surface area contributed by atoms with Crippen molar-refractivity contribution in [1.82, 2.24) is 10.2 Å². The SMILES string of the molecule is CCC[C@H](CC(=O)N(CCC(=O)O)CC1CC1)NC(=O)OCC1c2ccccc2-c2ccccc21. The van der Waals surface area contributed by atoms with Gasteiger partial charge in [0.25, 0.3) is 0 Å². The number of hydrogen-bond acceptors (Lipinski definition) is 4. The van der Waals surface area contributed by atoms with Gasteiger partial charge in [0.1, 0.15) is 6.61 Å². The van der Waals surface area contributed by atoms with Gasteiger partial charge in [0.05, 0.1) is 6.42 Å². The van der Waals surface area contributed by atoms with Crippen molar-refractivity contribution in [1.29, 1.82) is 0 Å². The van der Waals surface area contributed by atoms with Gasteiger partial charge in [-0.25, -0.2) is 4.79 Å². The van der Waals surface area contributed by atoms with Crippen LogP contribution in [0.1, 0.15) is 62.5 Å². The predicted molar refractivity (Wildman–Crippen MR) is 133 cm³/mol. The first-order chi connectivity index (χ1) is 17.0. The number of carboxylic acid groups (broad SMARTS) is 1. The number of rotatable bonds is 12. The Kier molecular flexibility index (Phi) is 8.06. The minimum absolute atomic E-state index is 0.0236. The highest BCUT2D eigenvalue weighted by Crippen LogP contribution is 2.44. The lowest BCUT2D eigenvalue weighted by molar-refractivity contribution is -0.138. The van der Waals surface area contributed by atoms with Crippen LogP contribution in [0.25, 0.3) is 11.1 Å². The fraction of sp³-hybridized carbons (Fsp3) is 0.464. The molecule has 0 spiro atoms. The van der Waals surface area contributed by atoms with E-state index in [1.807, 2.05) is 31.2 Å². The van der Waals surface area contributed by atoms with Crippen LogP contribution in [0, 0.1) is 5.92 Å². The molecule has 1 fully saturated rings. The Morgan fingerprint density at radius 2 is 1.69 bits per heavy atom. The summed E-state index contributed by atoms with van der Waals surface area (Å²) in [6.45, 7) is 3.02. The number of ether oxygens (including phenoxy) is 1. The molecule has 35 heavy (non-hydrogen) atoms. The van der Waals surface area contributed by atoms with Crippen LogP contribution in [0.5, 0.6) is 0 Å². The summed E-state index contributed by atoms with van der Waals surface area (Å²) in [4.78, 5) is 38.4. The monoisotopic (exact) mass is 478 g/mol. The number of amides is 2. The maximum atomic E-state index is 13.0. The standard InChI is InChI=1S/C28H34N2O5/c1-2-7-20(16-26(31)30(15-14-27(32)33)17-19-12-13-19)29-28(34)35-18-25-23-10-5-3-8-21(23)22-9-4-6-11-24(22)25/h3-6,8-11,19-20,25H,2,7,12-18H2,1H3,(H,29,34)(H,32,33)/t20-/m1/s1. The highest BCUT2D eigenvalue weighted by molar-refractivity contribution is 5.80. The Bertz CT molecular complexity index is 1020. The Balaban J connectivity index is 1.35. The van der Waals surface area contributed by atoms with E-state index in [0.29, 0.717) is 18.9 Å². The summed E-state index contributed by atoms with van der Waals surface area (Å²) in [5, 5.41) is 11.9. The van der Waals surface area contributed by atoms with E-state index >= 15 is 0 Å². The van der Waals surface area contributed by atoms with Crippen LogP contribution in [-0.2, 0) is 14.3 Å². The molecule has 7 heteroatoms. The first-order valence-corrected chi connectivity index (χ1v) is 12.6. The second-order valence-electron chi connectivity index (χ2n) is 9.59. The molecule has 2 N–H and O–H groups in total. The first kappa shape index (κ1) is 24.8. The van der Waals surface area contributed by atoms with E-state index in [-0.39, 0.29) is 43.9 Å². The molecule has 2 aliphatic rings. The average molecular weight is 479 g/mol. The Labute approximate surface area is 206 Å². The first-order valence-electron chi connectivity index (χ1n) is 12.6. The third kappa shape index (κ3) is 6.41. The fourth-order valence-corrected chi connectivity index (χ4v) is 4.88. The van der Waals surface area contributed by atoms with Gasteiger partial charge in [-0.3, -0.25) is 9.59 Å². The van der Waals surface area contributed by atoms with Crippen molar-refractivity contribution in [2.24, 2.45) is 5.92 Å². The van der Waals surface area contributed by atoms with E-state index in [0.717, 1.165) is 30.4 Å². The molecule has 186 valence electrons. The molecular formula is C28H34N2O5. The number of benzene rings is 2. The minimum Gasteiger partial charge on any atom is -0.481 e. The molecule has 2 aromatic rings.